The van der Waals surface area contributed by atoms with E-state index in [4.69, 9.17) is 0 Å². The second-order valence-corrected chi connectivity index (χ2v) is 5.95. The van der Waals surface area contributed by atoms with E-state index in [1.165, 1.54) is 0 Å². The summed E-state index contributed by atoms with van der Waals surface area (Å²) < 4.78 is 0. The van der Waals surface area contributed by atoms with Crippen molar-refractivity contribution in [3.63, 3.8) is 0 Å². The number of carboxylic acids is 1. The highest BCUT2D eigenvalue weighted by atomic mass is 32.1. The van der Waals surface area contributed by atoms with Crippen LogP contribution in [-0.4, -0.2) is 32.6 Å². The number of aromatic nitrogens is 3. The average molecular weight is 292 g/mol. The number of H-pyrrole nitrogens is 1. The number of hydrogen-bond acceptors (Lipinski definition) is 5. The summed E-state index contributed by atoms with van der Waals surface area (Å²) >= 11 is 1.58. The number of aromatic amines is 1. The van der Waals surface area contributed by atoms with Gasteiger partial charge in [0, 0.05) is 29.7 Å². The van der Waals surface area contributed by atoms with E-state index >= 15 is 0 Å². The predicted octanol–water partition coefficient (Wildman–Crippen LogP) is 2.03. The van der Waals surface area contributed by atoms with E-state index in [0.717, 1.165) is 47.2 Å². The van der Waals surface area contributed by atoms with Crippen LogP contribution in [0, 0.1) is 0 Å². The molecule has 1 unspecified atom stereocenters. The number of fused-ring (bicyclic) bond motifs is 1. The summed E-state index contributed by atoms with van der Waals surface area (Å²) in [6.45, 7) is 0.756. The first-order valence-electron chi connectivity index (χ1n) is 6.67. The van der Waals surface area contributed by atoms with Crippen molar-refractivity contribution in [1.82, 2.24) is 15.0 Å². The molecule has 1 aliphatic carbocycles. The van der Waals surface area contributed by atoms with E-state index < -0.39 is 11.9 Å². The first kappa shape index (κ1) is 13.1. The van der Waals surface area contributed by atoms with E-state index in [0.29, 0.717) is 6.42 Å². The maximum atomic E-state index is 11.2. The standard InChI is InChI=1S/C13H16N4O2S/c18-12(19)9-2-1-3-10-11(9)17-13(20-10)15-5-4-8-6-14-7-16-8/h6-7,9H,1-5H2,(H,14,16)(H,15,17)(H,18,19). The van der Waals surface area contributed by atoms with Crippen LogP contribution in [0.2, 0.25) is 0 Å². The predicted molar refractivity (Wildman–Crippen MR) is 76.2 cm³/mol. The number of rotatable bonds is 5. The minimum Gasteiger partial charge on any atom is -0.481 e. The smallest absolute Gasteiger partial charge is 0.312 e. The third-order valence-corrected chi connectivity index (χ3v) is 4.57. The zero-order valence-electron chi connectivity index (χ0n) is 10.9. The monoisotopic (exact) mass is 292 g/mol. The molecule has 0 aliphatic heterocycles. The Hall–Kier alpha value is -1.89. The molecule has 0 spiro atoms. The Kier molecular flexibility index (Phi) is 3.68. The summed E-state index contributed by atoms with van der Waals surface area (Å²) in [6.07, 6.45) is 6.87. The van der Waals surface area contributed by atoms with Crippen LogP contribution >= 0.6 is 11.3 Å². The maximum absolute atomic E-state index is 11.2. The van der Waals surface area contributed by atoms with Crippen LogP contribution in [0.5, 0.6) is 0 Å². The molecule has 0 aromatic carbocycles. The van der Waals surface area contributed by atoms with Crippen LogP contribution < -0.4 is 5.32 Å². The van der Waals surface area contributed by atoms with Gasteiger partial charge in [0.1, 0.15) is 5.92 Å². The SMILES string of the molecule is O=C(O)C1CCCc2sc(NCCc3cnc[nH]3)nc21. The molecule has 106 valence electrons. The number of hydrogen-bond donors (Lipinski definition) is 3. The molecule has 0 amide bonds. The molecule has 0 saturated heterocycles. The normalized spacial score (nSPS) is 17.7. The van der Waals surface area contributed by atoms with Gasteiger partial charge in [-0.3, -0.25) is 4.79 Å². The molecule has 6 nitrogen and oxygen atoms in total. The number of nitrogens with one attached hydrogen (secondary N) is 2. The van der Waals surface area contributed by atoms with Gasteiger partial charge in [0.15, 0.2) is 5.13 Å². The topological polar surface area (TPSA) is 90.9 Å². The zero-order chi connectivity index (χ0) is 13.9. The van der Waals surface area contributed by atoms with Gasteiger partial charge in [0.25, 0.3) is 0 Å². The molecule has 2 heterocycles. The van der Waals surface area contributed by atoms with Gasteiger partial charge in [-0.1, -0.05) is 0 Å². The van der Waals surface area contributed by atoms with Crippen LogP contribution in [0.3, 0.4) is 0 Å². The Labute approximate surface area is 120 Å². The molecule has 0 radical (unpaired) electrons. The van der Waals surface area contributed by atoms with Gasteiger partial charge in [-0.2, -0.15) is 0 Å². The Morgan fingerprint density at radius 2 is 2.50 bits per heavy atom. The molecule has 1 atom stereocenters. The van der Waals surface area contributed by atoms with E-state index in [-0.39, 0.29) is 0 Å². The fourth-order valence-corrected chi connectivity index (χ4v) is 3.55. The number of carbonyl (C=O) groups is 1. The van der Waals surface area contributed by atoms with Crippen molar-refractivity contribution in [3.05, 3.63) is 28.8 Å². The number of aliphatic carboxylic acids is 1. The first-order valence-corrected chi connectivity index (χ1v) is 7.49. The summed E-state index contributed by atoms with van der Waals surface area (Å²) in [7, 11) is 0. The molecule has 1 aliphatic rings. The van der Waals surface area contributed by atoms with Gasteiger partial charge in [-0.15, -0.1) is 11.3 Å². The maximum Gasteiger partial charge on any atom is 0.312 e. The van der Waals surface area contributed by atoms with Crippen molar-refractivity contribution in [2.75, 3.05) is 11.9 Å². The summed E-state index contributed by atoms with van der Waals surface area (Å²) in [6, 6.07) is 0. The summed E-state index contributed by atoms with van der Waals surface area (Å²) in [4.78, 5) is 23.8. The minimum atomic E-state index is -0.764. The highest BCUT2D eigenvalue weighted by Gasteiger charge is 2.29. The lowest BCUT2D eigenvalue weighted by molar-refractivity contribution is -0.139. The second-order valence-electron chi connectivity index (χ2n) is 4.86. The number of aryl methyl sites for hydroxylation is 1. The molecule has 3 N–H and O–H groups in total. The van der Waals surface area contributed by atoms with Crippen molar-refractivity contribution in [3.8, 4) is 0 Å². The summed E-state index contributed by atoms with van der Waals surface area (Å²) in [5, 5.41) is 13.3. The van der Waals surface area contributed by atoms with E-state index in [1.807, 2.05) is 0 Å². The summed E-state index contributed by atoms with van der Waals surface area (Å²) in [5.74, 6) is -1.20. The van der Waals surface area contributed by atoms with Gasteiger partial charge in [0.2, 0.25) is 0 Å². The van der Waals surface area contributed by atoms with Gasteiger partial charge in [0.05, 0.1) is 12.0 Å². The number of thiazole rings is 1. The minimum absolute atomic E-state index is 0.432. The third kappa shape index (κ3) is 2.67. The fraction of sp³-hybridized carbons (Fsp3) is 0.462. The van der Waals surface area contributed by atoms with E-state index in [1.54, 1.807) is 23.9 Å². The number of nitrogens with zero attached hydrogens (tertiary/aromatic N) is 2. The quantitative estimate of drug-likeness (QED) is 0.784. The van der Waals surface area contributed by atoms with Crippen LogP contribution in [-0.2, 0) is 17.6 Å². The van der Waals surface area contributed by atoms with Crippen molar-refractivity contribution in [2.45, 2.75) is 31.6 Å². The zero-order valence-corrected chi connectivity index (χ0v) is 11.7. The number of imidazole rings is 1. The van der Waals surface area contributed by atoms with Crippen molar-refractivity contribution < 1.29 is 9.90 Å². The summed E-state index contributed by atoms with van der Waals surface area (Å²) in [5.41, 5.74) is 1.83. The molecule has 2 aromatic rings. The van der Waals surface area contributed by atoms with Crippen LogP contribution in [0.15, 0.2) is 12.5 Å². The van der Waals surface area contributed by atoms with Crippen molar-refractivity contribution in [1.29, 1.82) is 0 Å². The fourth-order valence-electron chi connectivity index (χ4n) is 2.46. The highest BCUT2D eigenvalue weighted by Crippen LogP contribution is 2.36. The van der Waals surface area contributed by atoms with Crippen LogP contribution in [0.4, 0.5) is 5.13 Å². The Morgan fingerprint density at radius 3 is 3.25 bits per heavy atom. The molecule has 0 saturated carbocycles. The van der Waals surface area contributed by atoms with Crippen LogP contribution in [0.25, 0.3) is 0 Å². The molecular weight excluding hydrogens is 276 g/mol. The lowest BCUT2D eigenvalue weighted by Gasteiger charge is -2.16. The molecule has 7 heteroatoms. The Balaban J connectivity index is 1.65. The van der Waals surface area contributed by atoms with Crippen molar-refractivity contribution in [2.24, 2.45) is 0 Å². The van der Waals surface area contributed by atoms with Gasteiger partial charge >= 0.3 is 5.97 Å². The molecule has 0 fully saturated rings. The van der Waals surface area contributed by atoms with Gasteiger partial charge < -0.3 is 15.4 Å². The molecule has 20 heavy (non-hydrogen) atoms. The second kappa shape index (κ2) is 5.62. The number of carboxylic acid groups (broad SMARTS) is 1. The largest absolute Gasteiger partial charge is 0.481 e. The third-order valence-electron chi connectivity index (χ3n) is 3.48. The molecule has 0 bridgehead atoms. The van der Waals surface area contributed by atoms with Gasteiger partial charge in [-0.25, -0.2) is 9.97 Å². The highest BCUT2D eigenvalue weighted by molar-refractivity contribution is 7.15. The van der Waals surface area contributed by atoms with E-state index in [9.17, 15) is 9.90 Å². The van der Waals surface area contributed by atoms with Gasteiger partial charge in [-0.05, 0) is 19.3 Å². The molecular formula is C13H16N4O2S. The number of anilines is 1. The first-order chi connectivity index (χ1) is 9.74. The van der Waals surface area contributed by atoms with Crippen molar-refractivity contribution >= 4 is 22.4 Å². The Bertz CT molecular complexity index is 594. The lowest BCUT2D eigenvalue weighted by atomic mass is 9.91. The van der Waals surface area contributed by atoms with E-state index in [2.05, 4.69) is 20.3 Å². The Morgan fingerprint density at radius 1 is 1.60 bits per heavy atom. The molecule has 2 aromatic heterocycles. The van der Waals surface area contributed by atoms with Crippen LogP contribution in [0.1, 0.15) is 35.0 Å². The average Bonchev–Trinajstić information content (AvgIpc) is 3.06. The molecule has 3 rings (SSSR count). The lowest BCUT2D eigenvalue weighted by Crippen LogP contribution is -2.17.